The molecule has 0 saturated carbocycles. The second-order valence-corrected chi connectivity index (χ2v) is 4.59. The maximum atomic E-state index is 11.8. The number of nitrogens with two attached hydrogens (primary N) is 1. The lowest BCUT2D eigenvalue weighted by molar-refractivity contribution is -0.115. The van der Waals surface area contributed by atoms with Gasteiger partial charge in [-0.25, -0.2) is 0 Å². The highest BCUT2D eigenvalue weighted by atomic mass is 32.1. The molecule has 0 fully saturated rings. The van der Waals surface area contributed by atoms with E-state index in [4.69, 9.17) is 10.5 Å². The SMILES string of the molecule is COc1ccc(NC(=O)Cc2ccsc2)cc1N. The molecule has 0 aliphatic heterocycles. The van der Waals surface area contributed by atoms with Gasteiger partial charge >= 0.3 is 0 Å². The van der Waals surface area contributed by atoms with Crippen LogP contribution in [0.5, 0.6) is 5.75 Å². The van der Waals surface area contributed by atoms with E-state index < -0.39 is 0 Å². The van der Waals surface area contributed by atoms with E-state index in [-0.39, 0.29) is 5.91 Å². The van der Waals surface area contributed by atoms with Gasteiger partial charge in [0.25, 0.3) is 0 Å². The van der Waals surface area contributed by atoms with E-state index in [0.29, 0.717) is 23.5 Å². The normalized spacial score (nSPS) is 10.1. The fraction of sp³-hybridized carbons (Fsp3) is 0.154. The molecule has 1 aromatic heterocycles. The molecule has 0 aliphatic carbocycles. The molecule has 3 N–H and O–H groups in total. The number of benzene rings is 1. The number of hydrogen-bond acceptors (Lipinski definition) is 4. The first-order valence-corrected chi connectivity index (χ1v) is 6.38. The van der Waals surface area contributed by atoms with E-state index in [1.54, 1.807) is 36.6 Å². The van der Waals surface area contributed by atoms with Crippen molar-refractivity contribution in [2.24, 2.45) is 0 Å². The second kappa shape index (κ2) is 5.55. The summed E-state index contributed by atoms with van der Waals surface area (Å²) >= 11 is 1.58. The Labute approximate surface area is 109 Å². The van der Waals surface area contributed by atoms with E-state index in [0.717, 1.165) is 5.56 Å². The van der Waals surface area contributed by atoms with Crippen LogP contribution >= 0.6 is 11.3 Å². The van der Waals surface area contributed by atoms with Crippen LogP contribution in [0.3, 0.4) is 0 Å². The van der Waals surface area contributed by atoms with E-state index in [9.17, 15) is 4.79 Å². The van der Waals surface area contributed by atoms with Crippen molar-refractivity contribution in [3.8, 4) is 5.75 Å². The third-order valence-corrected chi connectivity index (χ3v) is 3.19. The molecule has 0 bridgehead atoms. The molecule has 18 heavy (non-hydrogen) atoms. The van der Waals surface area contributed by atoms with Crippen molar-refractivity contribution < 1.29 is 9.53 Å². The van der Waals surface area contributed by atoms with Crippen LogP contribution in [0.1, 0.15) is 5.56 Å². The molecule has 4 nitrogen and oxygen atoms in total. The zero-order valence-electron chi connectivity index (χ0n) is 9.97. The third kappa shape index (κ3) is 3.01. The highest BCUT2D eigenvalue weighted by molar-refractivity contribution is 7.08. The number of carbonyl (C=O) groups excluding carboxylic acids is 1. The predicted molar refractivity (Wildman–Crippen MR) is 74.1 cm³/mol. The number of methoxy groups -OCH3 is 1. The zero-order valence-corrected chi connectivity index (χ0v) is 10.8. The Hall–Kier alpha value is -2.01. The molecule has 0 aliphatic rings. The van der Waals surface area contributed by atoms with Crippen molar-refractivity contribution in [2.75, 3.05) is 18.2 Å². The Morgan fingerprint density at radius 1 is 1.44 bits per heavy atom. The largest absolute Gasteiger partial charge is 0.495 e. The lowest BCUT2D eigenvalue weighted by Crippen LogP contribution is -2.14. The third-order valence-electron chi connectivity index (χ3n) is 2.46. The summed E-state index contributed by atoms with van der Waals surface area (Å²) in [6.45, 7) is 0. The summed E-state index contributed by atoms with van der Waals surface area (Å²) in [5.41, 5.74) is 7.96. The van der Waals surface area contributed by atoms with Crippen molar-refractivity contribution in [1.29, 1.82) is 0 Å². The van der Waals surface area contributed by atoms with Gasteiger partial charge in [-0.1, -0.05) is 0 Å². The number of anilines is 2. The fourth-order valence-corrected chi connectivity index (χ4v) is 2.26. The van der Waals surface area contributed by atoms with Crippen LogP contribution in [0.15, 0.2) is 35.0 Å². The van der Waals surface area contributed by atoms with Gasteiger partial charge in [0.15, 0.2) is 0 Å². The molecule has 0 saturated heterocycles. The number of thiophene rings is 1. The summed E-state index contributed by atoms with van der Waals surface area (Å²) in [7, 11) is 1.56. The van der Waals surface area contributed by atoms with E-state index in [1.807, 2.05) is 16.8 Å². The number of nitrogen functional groups attached to an aromatic ring is 1. The molecule has 2 rings (SSSR count). The van der Waals surface area contributed by atoms with Crippen molar-refractivity contribution in [3.63, 3.8) is 0 Å². The fourth-order valence-electron chi connectivity index (χ4n) is 1.60. The molecule has 0 unspecified atom stereocenters. The molecular weight excluding hydrogens is 248 g/mol. The number of ether oxygens (including phenoxy) is 1. The van der Waals surface area contributed by atoms with Gasteiger partial charge in [-0.05, 0) is 40.6 Å². The van der Waals surface area contributed by atoms with Crippen LogP contribution in [0, 0.1) is 0 Å². The van der Waals surface area contributed by atoms with Gasteiger partial charge < -0.3 is 15.8 Å². The van der Waals surface area contributed by atoms with Crippen molar-refractivity contribution in [3.05, 3.63) is 40.6 Å². The first-order valence-electron chi connectivity index (χ1n) is 5.43. The number of carbonyl (C=O) groups is 1. The van der Waals surface area contributed by atoms with Crippen LogP contribution in [0.2, 0.25) is 0 Å². The van der Waals surface area contributed by atoms with E-state index in [2.05, 4.69) is 5.32 Å². The Morgan fingerprint density at radius 3 is 2.89 bits per heavy atom. The zero-order chi connectivity index (χ0) is 13.0. The molecule has 0 radical (unpaired) electrons. The van der Waals surface area contributed by atoms with Crippen LogP contribution < -0.4 is 15.8 Å². The molecule has 1 amide bonds. The van der Waals surface area contributed by atoms with Crippen molar-refractivity contribution in [1.82, 2.24) is 0 Å². The quantitative estimate of drug-likeness (QED) is 0.832. The maximum absolute atomic E-state index is 11.8. The monoisotopic (exact) mass is 262 g/mol. The Morgan fingerprint density at radius 2 is 2.28 bits per heavy atom. The average Bonchev–Trinajstić information content (AvgIpc) is 2.82. The molecule has 5 heteroatoms. The molecule has 94 valence electrons. The van der Waals surface area contributed by atoms with Gasteiger partial charge in [-0.15, -0.1) is 0 Å². The topological polar surface area (TPSA) is 64.3 Å². The van der Waals surface area contributed by atoms with Gasteiger partial charge in [0.1, 0.15) is 5.75 Å². The Balaban J connectivity index is 2.01. The van der Waals surface area contributed by atoms with Gasteiger partial charge in [0.2, 0.25) is 5.91 Å². The summed E-state index contributed by atoms with van der Waals surface area (Å²) in [6, 6.07) is 7.12. The average molecular weight is 262 g/mol. The molecule has 0 atom stereocenters. The highest BCUT2D eigenvalue weighted by Gasteiger charge is 2.06. The first kappa shape index (κ1) is 12.4. The minimum absolute atomic E-state index is 0.0574. The number of rotatable bonds is 4. The number of nitrogens with one attached hydrogen (secondary N) is 1. The summed E-state index contributed by atoms with van der Waals surface area (Å²) in [5.74, 6) is 0.545. The van der Waals surface area contributed by atoms with Crippen LogP contribution in [-0.2, 0) is 11.2 Å². The van der Waals surface area contributed by atoms with Gasteiger partial charge in [0, 0.05) is 5.69 Å². The van der Waals surface area contributed by atoms with E-state index >= 15 is 0 Å². The summed E-state index contributed by atoms with van der Waals surface area (Å²) in [6.07, 6.45) is 0.370. The summed E-state index contributed by atoms with van der Waals surface area (Å²) < 4.78 is 5.05. The Kier molecular flexibility index (Phi) is 3.84. The van der Waals surface area contributed by atoms with E-state index in [1.165, 1.54) is 0 Å². The number of hydrogen-bond donors (Lipinski definition) is 2. The molecule has 1 aromatic carbocycles. The van der Waals surface area contributed by atoms with Gasteiger partial charge in [0.05, 0.1) is 19.2 Å². The van der Waals surface area contributed by atoms with Gasteiger partial charge in [-0.3, -0.25) is 4.79 Å². The Bertz CT molecular complexity index is 538. The first-order chi connectivity index (χ1) is 8.69. The smallest absolute Gasteiger partial charge is 0.228 e. The molecular formula is C13H14N2O2S. The lowest BCUT2D eigenvalue weighted by atomic mass is 10.2. The van der Waals surface area contributed by atoms with Crippen molar-refractivity contribution >= 4 is 28.6 Å². The van der Waals surface area contributed by atoms with Crippen LogP contribution in [0.25, 0.3) is 0 Å². The second-order valence-electron chi connectivity index (χ2n) is 3.81. The lowest BCUT2D eigenvalue weighted by Gasteiger charge is -2.08. The molecule has 1 heterocycles. The predicted octanol–water partition coefficient (Wildman–Crippen LogP) is 2.52. The van der Waals surface area contributed by atoms with Crippen molar-refractivity contribution in [2.45, 2.75) is 6.42 Å². The van der Waals surface area contributed by atoms with Crippen LogP contribution in [0.4, 0.5) is 11.4 Å². The molecule has 2 aromatic rings. The van der Waals surface area contributed by atoms with Crippen LogP contribution in [-0.4, -0.2) is 13.0 Å². The standard InChI is InChI=1S/C13H14N2O2S/c1-17-12-3-2-10(7-11(12)14)15-13(16)6-9-4-5-18-8-9/h2-5,7-8H,6,14H2,1H3,(H,15,16). The summed E-state index contributed by atoms with van der Waals surface area (Å²) in [4.78, 5) is 11.8. The minimum Gasteiger partial charge on any atom is -0.495 e. The highest BCUT2D eigenvalue weighted by Crippen LogP contribution is 2.24. The minimum atomic E-state index is -0.0574. The molecule has 0 spiro atoms. The summed E-state index contributed by atoms with van der Waals surface area (Å²) in [5, 5.41) is 6.72. The number of amides is 1. The maximum Gasteiger partial charge on any atom is 0.228 e. The van der Waals surface area contributed by atoms with Gasteiger partial charge in [-0.2, -0.15) is 11.3 Å².